The molecule has 0 saturated carbocycles. The summed E-state index contributed by atoms with van der Waals surface area (Å²) in [6.07, 6.45) is 1.95. The van der Waals surface area contributed by atoms with Gasteiger partial charge in [0.25, 0.3) is 5.89 Å². The summed E-state index contributed by atoms with van der Waals surface area (Å²) in [5, 5.41) is 9.58. The number of nitrogens with one attached hydrogen (secondary N) is 1. The Morgan fingerprint density at radius 1 is 1.33 bits per heavy atom. The van der Waals surface area contributed by atoms with E-state index in [1.807, 2.05) is 23.6 Å². The lowest BCUT2D eigenvalue weighted by Crippen LogP contribution is -2.44. The van der Waals surface area contributed by atoms with Crippen molar-refractivity contribution in [3.05, 3.63) is 69.8 Å². The molecule has 0 spiro atoms. The minimum Gasteiger partial charge on any atom is -0.334 e. The van der Waals surface area contributed by atoms with Crippen LogP contribution in [0.2, 0.25) is 0 Å². The van der Waals surface area contributed by atoms with E-state index in [1.165, 1.54) is 12.1 Å². The summed E-state index contributed by atoms with van der Waals surface area (Å²) in [5.74, 6) is 0.898. The molecule has 0 radical (unpaired) electrons. The number of thiophene rings is 1. The predicted molar refractivity (Wildman–Crippen MR) is 107 cm³/mol. The topological polar surface area (TPSA) is 54.2 Å². The Balaban J connectivity index is 0.00000210. The molecule has 1 saturated heterocycles. The fraction of sp³-hybridized carbons (Fsp3) is 0.263. The smallest absolute Gasteiger partial charge is 0.259 e. The Morgan fingerprint density at radius 3 is 2.85 bits per heavy atom. The van der Waals surface area contributed by atoms with Crippen LogP contribution < -0.4 is 5.32 Å². The van der Waals surface area contributed by atoms with Crippen molar-refractivity contribution in [2.75, 3.05) is 26.7 Å². The molecule has 1 fully saturated rings. The van der Waals surface area contributed by atoms with Crippen LogP contribution in [0.1, 0.15) is 28.2 Å². The van der Waals surface area contributed by atoms with Crippen molar-refractivity contribution in [2.24, 2.45) is 0 Å². The van der Waals surface area contributed by atoms with Gasteiger partial charge in [0.1, 0.15) is 5.82 Å². The molecule has 3 heterocycles. The number of nitrogens with zero attached hydrogens (tertiary/aromatic N) is 3. The molecule has 1 atom stereocenters. The number of piperazine rings is 1. The quantitative estimate of drug-likeness (QED) is 0.713. The van der Waals surface area contributed by atoms with E-state index < -0.39 is 0 Å². The van der Waals surface area contributed by atoms with Crippen LogP contribution in [0.15, 0.2) is 46.3 Å². The molecule has 1 aliphatic heterocycles. The van der Waals surface area contributed by atoms with Crippen molar-refractivity contribution in [1.82, 2.24) is 20.4 Å². The average molecular weight is 407 g/mol. The van der Waals surface area contributed by atoms with E-state index in [4.69, 9.17) is 4.52 Å². The zero-order chi connectivity index (χ0) is 17.9. The number of likely N-dealkylation sites (N-methyl/N-ethyl adjacent to an activating group) is 1. The lowest BCUT2D eigenvalue weighted by atomic mass is 10.1. The summed E-state index contributed by atoms with van der Waals surface area (Å²) < 4.78 is 18.8. The number of aromatic nitrogens is 2. The van der Waals surface area contributed by atoms with Gasteiger partial charge in [-0.25, -0.2) is 4.39 Å². The van der Waals surface area contributed by atoms with Gasteiger partial charge in [0.15, 0.2) is 5.82 Å². The number of hydrogen-bond acceptors (Lipinski definition) is 6. The van der Waals surface area contributed by atoms with Gasteiger partial charge in [-0.3, -0.25) is 4.90 Å². The van der Waals surface area contributed by atoms with Gasteiger partial charge in [0.05, 0.1) is 11.6 Å². The van der Waals surface area contributed by atoms with Gasteiger partial charge in [-0.2, -0.15) is 4.98 Å². The lowest BCUT2D eigenvalue weighted by molar-refractivity contribution is 0.190. The molecule has 27 heavy (non-hydrogen) atoms. The predicted octanol–water partition coefficient (Wildman–Crippen LogP) is 3.86. The minimum absolute atomic E-state index is 0. The van der Waals surface area contributed by atoms with Crippen molar-refractivity contribution in [2.45, 2.75) is 6.04 Å². The molecule has 4 rings (SSSR count). The van der Waals surface area contributed by atoms with Gasteiger partial charge in [-0.1, -0.05) is 23.4 Å². The fourth-order valence-electron chi connectivity index (χ4n) is 2.97. The standard InChI is InChI=1S/C19H19FN4OS.ClH/c1-24-9-8-21-12-16(24)18-22-19(25-23-18)15(17-3-2-10-26-17)11-13-4-6-14(20)7-5-13;/h2-7,10-11,16,21H,8-9,12H2,1H3;1H/b15-11+;. The molecular formula is C19H20ClFN4OS. The Hall–Kier alpha value is -2.06. The molecule has 0 aliphatic carbocycles. The highest BCUT2D eigenvalue weighted by molar-refractivity contribution is 7.11. The third kappa shape index (κ3) is 4.44. The third-order valence-electron chi connectivity index (χ3n) is 4.45. The molecule has 1 aromatic carbocycles. The fourth-order valence-corrected chi connectivity index (χ4v) is 3.70. The number of benzene rings is 1. The van der Waals surface area contributed by atoms with Crippen molar-refractivity contribution >= 4 is 35.4 Å². The van der Waals surface area contributed by atoms with Crippen LogP contribution >= 0.6 is 23.7 Å². The minimum atomic E-state index is -0.257. The Bertz CT molecular complexity index is 895. The third-order valence-corrected chi connectivity index (χ3v) is 5.35. The molecule has 0 amide bonds. The number of hydrogen-bond donors (Lipinski definition) is 1. The molecule has 2 aromatic heterocycles. The van der Waals surface area contributed by atoms with E-state index >= 15 is 0 Å². The van der Waals surface area contributed by atoms with E-state index in [9.17, 15) is 4.39 Å². The second-order valence-corrected chi connectivity index (χ2v) is 7.19. The van der Waals surface area contributed by atoms with Crippen LogP contribution in [0.4, 0.5) is 4.39 Å². The zero-order valence-electron chi connectivity index (χ0n) is 14.8. The molecule has 5 nitrogen and oxygen atoms in total. The van der Waals surface area contributed by atoms with E-state index in [0.29, 0.717) is 11.7 Å². The molecule has 0 bridgehead atoms. The molecular weight excluding hydrogens is 387 g/mol. The van der Waals surface area contributed by atoms with Crippen LogP contribution in [-0.2, 0) is 0 Å². The maximum absolute atomic E-state index is 13.2. The van der Waals surface area contributed by atoms with Crippen molar-refractivity contribution in [3.63, 3.8) is 0 Å². The first-order valence-corrected chi connectivity index (χ1v) is 9.35. The first-order chi connectivity index (χ1) is 12.7. The summed E-state index contributed by atoms with van der Waals surface area (Å²) in [7, 11) is 2.07. The van der Waals surface area contributed by atoms with E-state index in [0.717, 1.165) is 35.6 Å². The largest absolute Gasteiger partial charge is 0.334 e. The van der Waals surface area contributed by atoms with Crippen LogP contribution in [-0.4, -0.2) is 41.7 Å². The van der Waals surface area contributed by atoms with Crippen molar-refractivity contribution in [1.29, 1.82) is 0 Å². The van der Waals surface area contributed by atoms with Gasteiger partial charge >= 0.3 is 0 Å². The second-order valence-electron chi connectivity index (χ2n) is 6.25. The first kappa shape index (κ1) is 19.7. The average Bonchev–Trinajstić information content (AvgIpc) is 3.34. The Morgan fingerprint density at radius 2 is 2.15 bits per heavy atom. The summed E-state index contributed by atoms with van der Waals surface area (Å²) >= 11 is 1.60. The number of halogens is 2. The highest BCUT2D eigenvalue weighted by Crippen LogP contribution is 2.30. The van der Waals surface area contributed by atoms with Crippen molar-refractivity contribution < 1.29 is 8.91 Å². The maximum atomic E-state index is 13.2. The molecule has 8 heteroatoms. The van der Waals surface area contributed by atoms with Gasteiger partial charge in [-0.15, -0.1) is 23.7 Å². The van der Waals surface area contributed by atoms with Gasteiger partial charge < -0.3 is 9.84 Å². The summed E-state index contributed by atoms with van der Waals surface area (Å²) in [6.45, 7) is 2.70. The number of rotatable bonds is 4. The SMILES string of the molecule is CN1CCNCC1c1noc(/C(=C/c2ccc(F)cc2)c2cccs2)n1.Cl. The monoisotopic (exact) mass is 406 g/mol. The maximum Gasteiger partial charge on any atom is 0.259 e. The molecule has 1 aliphatic rings. The van der Waals surface area contributed by atoms with Crippen LogP contribution in [0.5, 0.6) is 0 Å². The summed E-state index contributed by atoms with van der Waals surface area (Å²) in [4.78, 5) is 7.91. The molecule has 142 valence electrons. The van der Waals surface area contributed by atoms with Gasteiger partial charge in [-0.05, 0) is 42.3 Å². The zero-order valence-corrected chi connectivity index (χ0v) is 16.4. The Labute approximate surface area is 167 Å². The van der Waals surface area contributed by atoms with Gasteiger partial charge in [0.2, 0.25) is 0 Å². The highest BCUT2D eigenvalue weighted by Gasteiger charge is 2.26. The van der Waals surface area contributed by atoms with E-state index in [-0.39, 0.29) is 24.3 Å². The summed E-state index contributed by atoms with van der Waals surface area (Å²) in [5.41, 5.74) is 1.72. The molecule has 1 unspecified atom stereocenters. The molecule has 1 N–H and O–H groups in total. The van der Waals surface area contributed by atoms with Crippen LogP contribution in [0.25, 0.3) is 11.6 Å². The lowest BCUT2D eigenvalue weighted by Gasteiger charge is -2.30. The Kier molecular flexibility index (Phi) is 6.38. The van der Waals surface area contributed by atoms with E-state index in [1.54, 1.807) is 23.5 Å². The summed E-state index contributed by atoms with van der Waals surface area (Å²) in [6, 6.07) is 10.4. The van der Waals surface area contributed by atoms with Crippen LogP contribution in [0.3, 0.4) is 0 Å². The second kappa shape index (κ2) is 8.75. The van der Waals surface area contributed by atoms with Crippen molar-refractivity contribution in [3.8, 4) is 0 Å². The highest BCUT2D eigenvalue weighted by atomic mass is 35.5. The van der Waals surface area contributed by atoms with Crippen LogP contribution in [0, 0.1) is 5.82 Å². The van der Waals surface area contributed by atoms with E-state index in [2.05, 4.69) is 27.4 Å². The normalized spacial score (nSPS) is 18.3. The molecule has 3 aromatic rings. The van der Waals surface area contributed by atoms with Gasteiger partial charge in [0, 0.05) is 24.5 Å². The first-order valence-electron chi connectivity index (χ1n) is 8.47.